The second-order valence-electron chi connectivity index (χ2n) is 5.70. The highest BCUT2D eigenvalue weighted by Gasteiger charge is 2.21. The van der Waals surface area contributed by atoms with Gasteiger partial charge in [0.15, 0.2) is 0 Å². The van der Waals surface area contributed by atoms with Crippen LogP contribution >= 0.6 is 15.9 Å². The van der Waals surface area contributed by atoms with Crippen LogP contribution in [0.25, 0.3) is 0 Å². The lowest BCUT2D eigenvalue weighted by atomic mass is 10.2. The highest BCUT2D eigenvalue weighted by atomic mass is 79.9. The predicted octanol–water partition coefficient (Wildman–Crippen LogP) is 4.11. The average molecular weight is 374 g/mol. The predicted molar refractivity (Wildman–Crippen MR) is 98.1 cm³/mol. The number of hydrogen-bond acceptors (Lipinski definition) is 2. The third-order valence-electron chi connectivity index (χ3n) is 4.10. The monoisotopic (exact) mass is 373 g/mol. The van der Waals surface area contributed by atoms with E-state index < -0.39 is 0 Å². The molecule has 1 heterocycles. The lowest BCUT2D eigenvalue weighted by Gasteiger charge is -2.36. The maximum atomic E-state index is 12.3. The zero-order chi connectivity index (χ0) is 16.2. The molecule has 0 spiro atoms. The van der Waals surface area contributed by atoms with Crippen LogP contribution in [0, 0.1) is 6.92 Å². The molecule has 4 nitrogen and oxygen atoms in total. The molecule has 1 N–H and O–H groups in total. The summed E-state index contributed by atoms with van der Waals surface area (Å²) in [5.74, 6) is 0. The summed E-state index contributed by atoms with van der Waals surface area (Å²) in [7, 11) is 0. The number of piperazine rings is 1. The highest BCUT2D eigenvalue weighted by molar-refractivity contribution is 9.10. The summed E-state index contributed by atoms with van der Waals surface area (Å²) >= 11 is 3.53. The lowest BCUT2D eigenvalue weighted by Crippen LogP contribution is -2.50. The van der Waals surface area contributed by atoms with Crippen molar-refractivity contribution in [3.8, 4) is 0 Å². The maximum Gasteiger partial charge on any atom is 0.321 e. The van der Waals surface area contributed by atoms with Gasteiger partial charge in [-0.15, -0.1) is 0 Å². The molecule has 23 heavy (non-hydrogen) atoms. The maximum absolute atomic E-state index is 12.3. The zero-order valence-corrected chi connectivity index (χ0v) is 14.7. The van der Waals surface area contributed by atoms with Crippen molar-refractivity contribution in [1.29, 1.82) is 0 Å². The summed E-state index contributed by atoms with van der Waals surface area (Å²) in [4.78, 5) is 16.5. The number of rotatable bonds is 2. The van der Waals surface area contributed by atoms with E-state index in [9.17, 15) is 4.79 Å². The van der Waals surface area contributed by atoms with Crippen LogP contribution in [-0.2, 0) is 0 Å². The van der Waals surface area contributed by atoms with E-state index in [1.807, 2.05) is 35.2 Å². The number of carbonyl (C=O) groups is 1. The second-order valence-corrected chi connectivity index (χ2v) is 6.56. The Kier molecular flexibility index (Phi) is 4.86. The minimum Gasteiger partial charge on any atom is -0.368 e. The molecule has 3 rings (SSSR count). The van der Waals surface area contributed by atoms with Crippen molar-refractivity contribution in [3.05, 3.63) is 58.6 Å². The molecule has 2 amide bonds. The number of halogens is 1. The first-order chi connectivity index (χ1) is 11.1. The van der Waals surface area contributed by atoms with E-state index in [0.717, 1.165) is 36.3 Å². The van der Waals surface area contributed by atoms with Crippen LogP contribution in [0.5, 0.6) is 0 Å². The Bertz CT molecular complexity index is 682. The van der Waals surface area contributed by atoms with Gasteiger partial charge in [-0.1, -0.05) is 34.1 Å². The summed E-state index contributed by atoms with van der Waals surface area (Å²) in [5, 5.41) is 2.95. The number of benzene rings is 2. The summed E-state index contributed by atoms with van der Waals surface area (Å²) in [6.07, 6.45) is 0. The number of aryl methyl sites for hydroxylation is 1. The van der Waals surface area contributed by atoms with E-state index in [4.69, 9.17) is 0 Å². The van der Waals surface area contributed by atoms with Crippen molar-refractivity contribution in [2.45, 2.75) is 6.92 Å². The molecular formula is C18H20BrN3O. The fraction of sp³-hybridized carbons (Fsp3) is 0.278. The molecule has 1 aliphatic heterocycles. The normalized spacial score (nSPS) is 14.7. The molecule has 2 aromatic carbocycles. The molecule has 2 aromatic rings. The molecule has 1 saturated heterocycles. The van der Waals surface area contributed by atoms with E-state index in [-0.39, 0.29) is 6.03 Å². The average Bonchev–Trinajstić information content (AvgIpc) is 2.58. The number of amides is 2. The minimum absolute atomic E-state index is 0.0252. The van der Waals surface area contributed by atoms with Crippen LogP contribution in [0.15, 0.2) is 53.0 Å². The number of para-hydroxylation sites is 1. The fourth-order valence-electron chi connectivity index (χ4n) is 2.72. The third-order valence-corrected chi connectivity index (χ3v) is 4.99. The van der Waals surface area contributed by atoms with Crippen molar-refractivity contribution >= 4 is 33.3 Å². The first-order valence-electron chi connectivity index (χ1n) is 7.75. The lowest BCUT2D eigenvalue weighted by molar-refractivity contribution is 0.208. The van der Waals surface area contributed by atoms with Gasteiger partial charge in [0.2, 0.25) is 0 Å². The van der Waals surface area contributed by atoms with Crippen molar-refractivity contribution in [3.63, 3.8) is 0 Å². The number of nitrogens with zero attached hydrogens (tertiary/aromatic N) is 2. The number of nitrogens with one attached hydrogen (secondary N) is 1. The third kappa shape index (κ3) is 3.85. The molecule has 0 aromatic heterocycles. The molecule has 1 aliphatic rings. The van der Waals surface area contributed by atoms with E-state index >= 15 is 0 Å². The highest BCUT2D eigenvalue weighted by Crippen LogP contribution is 2.24. The topological polar surface area (TPSA) is 35.6 Å². The van der Waals surface area contributed by atoms with Crippen LogP contribution in [0.4, 0.5) is 16.2 Å². The number of hydrogen-bond donors (Lipinski definition) is 1. The van der Waals surface area contributed by atoms with Gasteiger partial charge in [-0.2, -0.15) is 0 Å². The van der Waals surface area contributed by atoms with Crippen molar-refractivity contribution in [1.82, 2.24) is 4.90 Å². The summed E-state index contributed by atoms with van der Waals surface area (Å²) in [6.45, 7) is 5.26. The Morgan fingerprint density at radius 2 is 1.74 bits per heavy atom. The summed E-state index contributed by atoms with van der Waals surface area (Å²) in [5.41, 5.74) is 3.28. The van der Waals surface area contributed by atoms with Gasteiger partial charge in [0, 0.05) is 42.0 Å². The Morgan fingerprint density at radius 1 is 1.04 bits per heavy atom. The smallest absolute Gasteiger partial charge is 0.321 e. The van der Waals surface area contributed by atoms with Gasteiger partial charge in [-0.25, -0.2) is 4.79 Å². The van der Waals surface area contributed by atoms with Gasteiger partial charge in [-0.05, 0) is 42.8 Å². The summed E-state index contributed by atoms with van der Waals surface area (Å²) < 4.78 is 1.13. The Morgan fingerprint density at radius 3 is 2.39 bits per heavy atom. The van der Waals surface area contributed by atoms with Crippen LogP contribution in [0.3, 0.4) is 0 Å². The van der Waals surface area contributed by atoms with E-state index in [2.05, 4.69) is 51.3 Å². The van der Waals surface area contributed by atoms with Crippen molar-refractivity contribution in [2.75, 3.05) is 36.4 Å². The quantitative estimate of drug-likeness (QED) is 0.859. The van der Waals surface area contributed by atoms with Crippen molar-refractivity contribution < 1.29 is 4.79 Å². The van der Waals surface area contributed by atoms with E-state index in [1.54, 1.807) is 0 Å². The van der Waals surface area contributed by atoms with Crippen LogP contribution in [0.2, 0.25) is 0 Å². The van der Waals surface area contributed by atoms with Gasteiger partial charge >= 0.3 is 6.03 Å². The molecule has 120 valence electrons. The van der Waals surface area contributed by atoms with Gasteiger partial charge in [-0.3, -0.25) is 0 Å². The number of carbonyl (C=O) groups excluding carboxylic acids is 1. The number of urea groups is 1. The van der Waals surface area contributed by atoms with Crippen LogP contribution < -0.4 is 10.2 Å². The van der Waals surface area contributed by atoms with Crippen molar-refractivity contribution in [2.24, 2.45) is 0 Å². The summed E-state index contributed by atoms with van der Waals surface area (Å²) in [6, 6.07) is 15.9. The first kappa shape index (κ1) is 15.9. The largest absolute Gasteiger partial charge is 0.368 e. The standard InChI is InChI=1S/C18H20BrN3O/c1-14-13-16(7-8-17(14)19)21-9-11-22(12-10-21)18(23)20-15-5-3-2-4-6-15/h2-8,13H,9-12H2,1H3,(H,20,23). The molecule has 0 atom stereocenters. The van der Waals surface area contributed by atoms with Gasteiger partial charge in [0.25, 0.3) is 0 Å². The van der Waals surface area contributed by atoms with Crippen LogP contribution in [-0.4, -0.2) is 37.1 Å². The fourth-order valence-corrected chi connectivity index (χ4v) is 2.96. The Hall–Kier alpha value is -2.01. The second kappa shape index (κ2) is 7.04. The zero-order valence-electron chi connectivity index (χ0n) is 13.1. The van der Waals surface area contributed by atoms with E-state index in [1.165, 1.54) is 11.3 Å². The Labute approximate surface area is 145 Å². The molecule has 0 saturated carbocycles. The molecule has 0 unspecified atom stereocenters. The van der Waals surface area contributed by atoms with Gasteiger partial charge in [0.05, 0.1) is 0 Å². The van der Waals surface area contributed by atoms with Crippen LogP contribution in [0.1, 0.15) is 5.56 Å². The molecule has 1 fully saturated rings. The van der Waals surface area contributed by atoms with Gasteiger partial charge < -0.3 is 15.1 Å². The molecule has 0 bridgehead atoms. The SMILES string of the molecule is Cc1cc(N2CCN(C(=O)Nc3ccccc3)CC2)ccc1Br. The molecule has 0 aliphatic carbocycles. The number of anilines is 2. The molecular weight excluding hydrogens is 354 g/mol. The minimum atomic E-state index is -0.0252. The van der Waals surface area contributed by atoms with Gasteiger partial charge in [0.1, 0.15) is 0 Å². The molecule has 5 heteroatoms. The Balaban J connectivity index is 1.57. The first-order valence-corrected chi connectivity index (χ1v) is 8.55. The molecule has 0 radical (unpaired) electrons. The van der Waals surface area contributed by atoms with E-state index in [0.29, 0.717) is 0 Å².